The van der Waals surface area contributed by atoms with Crippen molar-refractivity contribution >= 4 is 43.8 Å². The van der Waals surface area contributed by atoms with Crippen LogP contribution in [0.25, 0.3) is 49.7 Å². The van der Waals surface area contributed by atoms with Crippen LogP contribution >= 0.6 is 0 Å². The summed E-state index contributed by atoms with van der Waals surface area (Å²) in [4.78, 5) is 0. The molecule has 1 nitrogen and oxygen atoms in total. The molecular weight excluding hydrogens is 565 g/mol. The number of aromatic nitrogens is 1. The van der Waals surface area contributed by atoms with Crippen molar-refractivity contribution in [3.05, 3.63) is 84.9 Å². The van der Waals surface area contributed by atoms with E-state index in [0.29, 0.717) is 0 Å². The number of nitrogens with zero attached hydrogens (tertiary/aromatic N) is 1. The van der Waals surface area contributed by atoms with Crippen molar-refractivity contribution in [1.82, 2.24) is 4.57 Å². The number of rotatable bonds is 10. The van der Waals surface area contributed by atoms with Crippen LogP contribution in [0.2, 0.25) is 13.3 Å². The molecule has 0 saturated carbocycles. The van der Waals surface area contributed by atoms with Crippen molar-refractivity contribution < 1.29 is 0 Å². The Hall–Kier alpha value is -2.52. The molecule has 1 aromatic heterocycles. The number of para-hydroxylation sites is 2. The van der Waals surface area contributed by atoms with E-state index in [4.69, 9.17) is 0 Å². The van der Waals surface area contributed by atoms with Crippen LogP contribution in [0.1, 0.15) is 59.3 Å². The van der Waals surface area contributed by atoms with E-state index in [1.54, 1.807) is 3.58 Å². The molecule has 2 heterocycles. The van der Waals surface area contributed by atoms with Crippen LogP contribution in [-0.4, -0.2) is 22.9 Å². The Morgan fingerprint density at radius 1 is 0.553 bits per heavy atom. The van der Waals surface area contributed by atoms with Gasteiger partial charge in [0.2, 0.25) is 0 Å². The summed E-state index contributed by atoms with van der Waals surface area (Å²) in [5.41, 5.74) is 9.56. The van der Waals surface area contributed by atoms with Gasteiger partial charge in [0.05, 0.1) is 0 Å². The van der Waals surface area contributed by atoms with E-state index >= 15 is 0 Å². The normalized spacial score (nSPS) is 12.5. The third-order valence-corrected chi connectivity index (χ3v) is 24.7. The van der Waals surface area contributed by atoms with Gasteiger partial charge in [-0.05, 0) is 0 Å². The molecule has 0 spiro atoms. The molecule has 0 amide bonds. The van der Waals surface area contributed by atoms with Gasteiger partial charge in [-0.1, -0.05) is 0 Å². The first-order valence-corrected chi connectivity index (χ1v) is 22.5. The molecule has 6 rings (SSSR count). The van der Waals surface area contributed by atoms with Gasteiger partial charge in [0.1, 0.15) is 0 Å². The van der Waals surface area contributed by atoms with Crippen molar-refractivity contribution in [2.24, 2.45) is 0 Å². The fourth-order valence-electron chi connectivity index (χ4n) is 7.07. The topological polar surface area (TPSA) is 4.93 Å². The van der Waals surface area contributed by atoms with E-state index in [1.165, 1.54) is 102 Å². The zero-order valence-corrected chi connectivity index (χ0v) is 26.2. The van der Waals surface area contributed by atoms with Gasteiger partial charge < -0.3 is 0 Å². The average molecular weight is 606 g/mol. The van der Waals surface area contributed by atoms with E-state index in [0.717, 1.165) is 0 Å². The molecule has 0 bridgehead atoms. The van der Waals surface area contributed by atoms with Crippen molar-refractivity contribution in [3.63, 3.8) is 0 Å². The third-order valence-electron chi connectivity index (χ3n) is 9.08. The number of benzene rings is 4. The quantitative estimate of drug-likeness (QED) is 0.137. The molecule has 1 aliphatic heterocycles. The van der Waals surface area contributed by atoms with E-state index in [9.17, 15) is 0 Å². The second kappa shape index (κ2) is 10.9. The van der Waals surface area contributed by atoms with E-state index in [-0.39, 0.29) is 0 Å². The predicted molar refractivity (Wildman–Crippen MR) is 170 cm³/mol. The van der Waals surface area contributed by atoms with Gasteiger partial charge in [-0.15, -0.1) is 0 Å². The maximum atomic E-state index is 2.69. The van der Waals surface area contributed by atoms with Gasteiger partial charge in [0, 0.05) is 0 Å². The molecule has 38 heavy (non-hydrogen) atoms. The van der Waals surface area contributed by atoms with E-state index < -0.39 is 18.4 Å². The average Bonchev–Trinajstić information content (AvgIpc) is 3.25. The van der Waals surface area contributed by atoms with Crippen LogP contribution in [0.15, 0.2) is 84.9 Å². The number of unbranched alkanes of at least 4 members (excludes halogenated alkanes) is 3. The minimum atomic E-state index is -2.59. The van der Waals surface area contributed by atoms with Crippen LogP contribution in [0.5, 0.6) is 0 Å². The molecule has 0 aliphatic carbocycles. The van der Waals surface area contributed by atoms with Crippen LogP contribution in [0.3, 0.4) is 0 Å². The van der Waals surface area contributed by atoms with Gasteiger partial charge in [0.25, 0.3) is 0 Å². The molecule has 0 atom stereocenters. The molecule has 2 heteroatoms. The third kappa shape index (κ3) is 4.22. The van der Waals surface area contributed by atoms with Gasteiger partial charge in [0.15, 0.2) is 0 Å². The summed E-state index contributed by atoms with van der Waals surface area (Å²) < 4.78 is 8.84. The summed E-state index contributed by atoms with van der Waals surface area (Å²) in [5.74, 6) is 0. The maximum absolute atomic E-state index is 2.69. The van der Waals surface area contributed by atoms with Gasteiger partial charge in [-0.25, -0.2) is 0 Å². The zero-order valence-electron chi connectivity index (χ0n) is 23.4. The molecule has 0 radical (unpaired) electrons. The molecular formula is C36H41NSn. The van der Waals surface area contributed by atoms with Gasteiger partial charge >= 0.3 is 234 Å². The molecule has 5 aromatic rings. The van der Waals surface area contributed by atoms with Crippen LogP contribution in [0, 0.1) is 0 Å². The predicted octanol–water partition coefficient (Wildman–Crippen LogP) is 10.5. The van der Waals surface area contributed by atoms with Crippen LogP contribution in [0.4, 0.5) is 0 Å². The minimum absolute atomic E-state index is 1.31. The fraction of sp³-hybridized carbons (Fsp3) is 0.333. The molecule has 0 N–H and O–H groups in total. The molecule has 0 unspecified atom stereocenters. The number of hydrogen-bond donors (Lipinski definition) is 0. The Kier molecular flexibility index (Phi) is 7.40. The first kappa shape index (κ1) is 25.7. The van der Waals surface area contributed by atoms with Crippen molar-refractivity contribution in [2.45, 2.75) is 72.6 Å². The molecule has 1 aliphatic rings. The first-order valence-electron chi connectivity index (χ1n) is 15.0. The summed E-state index contributed by atoms with van der Waals surface area (Å²) >= 11 is -2.59. The van der Waals surface area contributed by atoms with Crippen LogP contribution < -0.4 is 3.58 Å². The van der Waals surface area contributed by atoms with Crippen molar-refractivity contribution in [3.8, 4) is 27.9 Å². The standard InChI is InChI=1S/C24H14N.3C4H9.Sn/c1-2-9-17-16(8-1)18-10-3-5-14-22(18)25-23-15-6-4-11-19(23)21-13-7-12-20(17)24(21)25;3*1-3-4-2;/h1-2,4-15H;3*1,3-4H2,2H3;. The SMILES string of the molecule is CCC[CH2][Sn]([CH2]CCC)([CH2]CCC)[c]1ccc2c(c1)-c1ccccc1-c1cccc3c4ccccc4n-2c13. The molecule has 4 aromatic carbocycles. The Balaban J connectivity index is 1.66. The summed E-state index contributed by atoms with van der Waals surface area (Å²) in [7, 11) is 0. The number of hydrogen-bond acceptors (Lipinski definition) is 0. The summed E-state index contributed by atoms with van der Waals surface area (Å²) in [6.07, 6.45) is 8.12. The Labute approximate surface area is 232 Å². The summed E-state index contributed by atoms with van der Waals surface area (Å²) in [6, 6.07) is 32.8. The Morgan fingerprint density at radius 2 is 1.13 bits per heavy atom. The van der Waals surface area contributed by atoms with E-state index in [1.807, 2.05) is 0 Å². The fourth-order valence-corrected chi connectivity index (χ4v) is 23.0. The summed E-state index contributed by atoms with van der Waals surface area (Å²) in [6.45, 7) is 7.13. The number of fused-ring (bicyclic) bond motifs is 8. The van der Waals surface area contributed by atoms with Crippen molar-refractivity contribution in [1.29, 1.82) is 0 Å². The van der Waals surface area contributed by atoms with E-state index in [2.05, 4.69) is 110 Å². The molecule has 194 valence electrons. The second-order valence-electron chi connectivity index (χ2n) is 11.4. The summed E-state index contributed by atoms with van der Waals surface area (Å²) in [5, 5.41) is 2.70. The second-order valence-corrected chi connectivity index (χ2v) is 24.7. The first-order chi connectivity index (χ1) is 18.7. The molecule has 0 fully saturated rings. The monoisotopic (exact) mass is 607 g/mol. The Morgan fingerprint density at radius 3 is 1.82 bits per heavy atom. The zero-order chi connectivity index (χ0) is 26.1. The Bertz CT molecular complexity index is 1570. The van der Waals surface area contributed by atoms with Crippen LogP contribution in [-0.2, 0) is 0 Å². The molecule has 0 saturated heterocycles. The van der Waals surface area contributed by atoms with Crippen molar-refractivity contribution in [2.75, 3.05) is 0 Å². The van der Waals surface area contributed by atoms with Gasteiger partial charge in [-0.3, -0.25) is 0 Å². The van der Waals surface area contributed by atoms with Gasteiger partial charge in [-0.2, -0.15) is 0 Å².